The van der Waals surface area contributed by atoms with Crippen molar-refractivity contribution in [3.05, 3.63) is 46.9 Å². The Bertz CT molecular complexity index is 801. The van der Waals surface area contributed by atoms with Crippen LogP contribution in [-0.4, -0.2) is 39.4 Å². The first-order valence-electron chi connectivity index (χ1n) is 8.55. The van der Waals surface area contributed by atoms with Crippen LogP contribution >= 0.6 is 0 Å². The lowest BCUT2D eigenvalue weighted by atomic mass is 10.1. The highest BCUT2D eigenvalue weighted by atomic mass is 19.1. The van der Waals surface area contributed by atoms with Crippen LogP contribution in [0.2, 0.25) is 0 Å². The van der Waals surface area contributed by atoms with E-state index in [9.17, 15) is 14.0 Å². The SMILES string of the molecule is Cc1noc(C)c1CN1CCC(NC(=O)c2cncc(F)c2)CCC1=O. The zero-order valence-corrected chi connectivity index (χ0v) is 14.8. The summed E-state index contributed by atoms with van der Waals surface area (Å²) in [5, 5.41) is 6.79. The maximum absolute atomic E-state index is 13.2. The lowest BCUT2D eigenvalue weighted by Crippen LogP contribution is -2.36. The molecular formula is C18H21FN4O3. The molecular weight excluding hydrogens is 339 g/mol. The molecule has 0 saturated carbocycles. The molecule has 7 nitrogen and oxygen atoms in total. The predicted octanol–water partition coefficient (Wildman–Crippen LogP) is 2.14. The standard InChI is InChI=1S/C18H21FN4O3/c1-11-16(12(2)26-22-11)10-23-6-5-15(3-4-17(23)24)21-18(25)13-7-14(19)9-20-8-13/h7-9,15H,3-6,10H2,1-2H3,(H,21,25). The number of carbonyl (C=O) groups is 2. The fraction of sp³-hybridized carbons (Fsp3) is 0.444. The molecule has 0 radical (unpaired) electrons. The van der Waals surface area contributed by atoms with Crippen molar-refractivity contribution in [3.63, 3.8) is 0 Å². The molecule has 1 fully saturated rings. The van der Waals surface area contributed by atoms with E-state index < -0.39 is 5.82 Å². The Morgan fingerprint density at radius 3 is 2.88 bits per heavy atom. The summed E-state index contributed by atoms with van der Waals surface area (Å²) >= 11 is 0. The molecule has 1 unspecified atom stereocenters. The molecule has 3 rings (SSSR count). The highest BCUT2D eigenvalue weighted by molar-refractivity contribution is 5.94. The summed E-state index contributed by atoms with van der Waals surface area (Å²) < 4.78 is 18.4. The number of aromatic nitrogens is 2. The van der Waals surface area contributed by atoms with Gasteiger partial charge in [0.25, 0.3) is 5.91 Å². The van der Waals surface area contributed by atoms with Gasteiger partial charge in [0.2, 0.25) is 5.91 Å². The monoisotopic (exact) mass is 360 g/mol. The first-order valence-corrected chi connectivity index (χ1v) is 8.55. The van der Waals surface area contributed by atoms with Crippen molar-refractivity contribution >= 4 is 11.8 Å². The van der Waals surface area contributed by atoms with Crippen LogP contribution in [0.4, 0.5) is 4.39 Å². The lowest BCUT2D eigenvalue weighted by molar-refractivity contribution is -0.131. The van der Waals surface area contributed by atoms with Gasteiger partial charge in [0.15, 0.2) is 0 Å². The summed E-state index contributed by atoms with van der Waals surface area (Å²) in [6, 6.07) is 0.998. The minimum absolute atomic E-state index is 0.0363. The zero-order chi connectivity index (χ0) is 18.7. The molecule has 2 aromatic rings. The molecule has 3 heterocycles. The molecule has 26 heavy (non-hydrogen) atoms. The molecule has 2 amide bonds. The van der Waals surface area contributed by atoms with E-state index in [1.807, 2.05) is 13.8 Å². The van der Waals surface area contributed by atoms with Crippen LogP contribution in [0.1, 0.15) is 46.6 Å². The molecule has 0 aromatic carbocycles. The van der Waals surface area contributed by atoms with E-state index in [2.05, 4.69) is 15.5 Å². The number of amides is 2. The van der Waals surface area contributed by atoms with Crippen LogP contribution < -0.4 is 5.32 Å². The van der Waals surface area contributed by atoms with Crippen molar-refractivity contribution in [3.8, 4) is 0 Å². The Morgan fingerprint density at radius 2 is 2.19 bits per heavy atom. The van der Waals surface area contributed by atoms with Gasteiger partial charge in [0.05, 0.1) is 24.0 Å². The number of likely N-dealkylation sites (tertiary alicyclic amines) is 1. The first-order chi connectivity index (χ1) is 12.4. The minimum Gasteiger partial charge on any atom is -0.361 e. The van der Waals surface area contributed by atoms with Gasteiger partial charge in [-0.15, -0.1) is 0 Å². The Morgan fingerprint density at radius 1 is 1.38 bits per heavy atom. The largest absolute Gasteiger partial charge is 0.361 e. The number of rotatable bonds is 4. The van der Waals surface area contributed by atoms with Crippen LogP contribution in [0.15, 0.2) is 23.0 Å². The predicted molar refractivity (Wildman–Crippen MR) is 90.7 cm³/mol. The Labute approximate surface area is 150 Å². The van der Waals surface area contributed by atoms with Crippen molar-refractivity contribution in [1.29, 1.82) is 0 Å². The van der Waals surface area contributed by atoms with Gasteiger partial charge in [-0.25, -0.2) is 4.39 Å². The average Bonchev–Trinajstić information content (AvgIpc) is 2.82. The molecule has 0 bridgehead atoms. The van der Waals surface area contributed by atoms with E-state index in [1.54, 1.807) is 4.90 Å². The molecule has 1 N–H and O–H groups in total. The van der Waals surface area contributed by atoms with Gasteiger partial charge >= 0.3 is 0 Å². The van der Waals surface area contributed by atoms with Crippen molar-refractivity contribution in [2.24, 2.45) is 0 Å². The molecule has 1 aliphatic rings. The molecule has 1 saturated heterocycles. The molecule has 1 aliphatic heterocycles. The van der Waals surface area contributed by atoms with Crippen LogP contribution in [0, 0.1) is 19.7 Å². The molecule has 1 atom stereocenters. The molecule has 138 valence electrons. The van der Waals surface area contributed by atoms with Gasteiger partial charge < -0.3 is 14.7 Å². The minimum atomic E-state index is -0.556. The molecule has 0 spiro atoms. The van der Waals surface area contributed by atoms with Crippen molar-refractivity contribution in [2.45, 2.75) is 45.7 Å². The maximum Gasteiger partial charge on any atom is 0.253 e. The van der Waals surface area contributed by atoms with E-state index in [0.29, 0.717) is 38.1 Å². The van der Waals surface area contributed by atoms with E-state index in [-0.39, 0.29) is 23.4 Å². The third-order valence-corrected chi connectivity index (χ3v) is 4.64. The van der Waals surface area contributed by atoms with Crippen LogP contribution in [0.5, 0.6) is 0 Å². The highest BCUT2D eigenvalue weighted by Crippen LogP contribution is 2.19. The van der Waals surface area contributed by atoms with Gasteiger partial charge in [0.1, 0.15) is 11.6 Å². The number of halogens is 1. The Hall–Kier alpha value is -2.77. The fourth-order valence-electron chi connectivity index (χ4n) is 3.07. The molecule has 2 aromatic heterocycles. The Kier molecular flexibility index (Phi) is 5.29. The second-order valence-corrected chi connectivity index (χ2v) is 6.51. The smallest absolute Gasteiger partial charge is 0.253 e. The summed E-state index contributed by atoms with van der Waals surface area (Å²) in [6.45, 7) is 4.65. The van der Waals surface area contributed by atoms with Crippen LogP contribution in [-0.2, 0) is 11.3 Å². The zero-order valence-electron chi connectivity index (χ0n) is 14.8. The average molecular weight is 360 g/mol. The number of pyridine rings is 1. The second kappa shape index (κ2) is 7.63. The molecule has 8 heteroatoms. The quantitative estimate of drug-likeness (QED) is 0.902. The highest BCUT2D eigenvalue weighted by Gasteiger charge is 2.25. The number of nitrogens with zero attached hydrogens (tertiary/aromatic N) is 3. The van der Waals surface area contributed by atoms with Gasteiger partial charge in [-0.2, -0.15) is 0 Å². The topological polar surface area (TPSA) is 88.3 Å². The number of aryl methyl sites for hydroxylation is 2. The van der Waals surface area contributed by atoms with Crippen molar-refractivity contribution < 1.29 is 18.5 Å². The first kappa shape index (κ1) is 18.0. The van der Waals surface area contributed by atoms with Gasteiger partial charge in [0, 0.05) is 30.8 Å². The summed E-state index contributed by atoms with van der Waals surface area (Å²) in [4.78, 5) is 30.1. The van der Waals surface area contributed by atoms with Gasteiger partial charge in [-0.1, -0.05) is 5.16 Å². The third kappa shape index (κ3) is 4.07. The third-order valence-electron chi connectivity index (χ3n) is 4.64. The van der Waals surface area contributed by atoms with Gasteiger partial charge in [-0.3, -0.25) is 14.6 Å². The summed E-state index contributed by atoms with van der Waals surface area (Å²) in [5.41, 5.74) is 1.88. The van der Waals surface area contributed by atoms with Crippen LogP contribution in [0.3, 0.4) is 0 Å². The van der Waals surface area contributed by atoms with Crippen molar-refractivity contribution in [1.82, 2.24) is 20.4 Å². The number of hydrogen-bond donors (Lipinski definition) is 1. The number of hydrogen-bond acceptors (Lipinski definition) is 5. The van der Waals surface area contributed by atoms with E-state index >= 15 is 0 Å². The molecule has 0 aliphatic carbocycles. The van der Waals surface area contributed by atoms with E-state index in [1.165, 1.54) is 6.20 Å². The van der Waals surface area contributed by atoms with E-state index in [4.69, 9.17) is 4.52 Å². The van der Waals surface area contributed by atoms with E-state index in [0.717, 1.165) is 23.5 Å². The number of nitrogens with one attached hydrogen (secondary N) is 1. The second-order valence-electron chi connectivity index (χ2n) is 6.51. The normalized spacial score (nSPS) is 17.9. The Balaban J connectivity index is 1.62. The summed E-state index contributed by atoms with van der Waals surface area (Å²) in [5.74, 6) is -0.190. The van der Waals surface area contributed by atoms with Crippen molar-refractivity contribution in [2.75, 3.05) is 6.54 Å². The summed E-state index contributed by atoms with van der Waals surface area (Å²) in [7, 11) is 0. The fourth-order valence-corrected chi connectivity index (χ4v) is 3.07. The summed E-state index contributed by atoms with van der Waals surface area (Å²) in [6.07, 6.45) is 3.89. The maximum atomic E-state index is 13.2. The van der Waals surface area contributed by atoms with Crippen LogP contribution in [0.25, 0.3) is 0 Å². The number of carbonyl (C=O) groups excluding carboxylic acids is 2. The van der Waals surface area contributed by atoms with Gasteiger partial charge in [-0.05, 0) is 32.8 Å². The lowest BCUT2D eigenvalue weighted by Gasteiger charge is -2.21.